The first-order valence-corrected chi connectivity index (χ1v) is 14.9. The first-order valence-electron chi connectivity index (χ1n) is 14.9. The van der Waals surface area contributed by atoms with Crippen molar-refractivity contribution in [2.75, 3.05) is 32.3 Å². The second kappa shape index (κ2) is 16.8. The number of hydrogen-bond acceptors (Lipinski definition) is 9. The maximum absolute atomic E-state index is 15.6. The number of hydrazine groups is 1. The Morgan fingerprint density at radius 1 is 0.849 bits per heavy atom. The van der Waals surface area contributed by atoms with Gasteiger partial charge in [-0.15, -0.1) is 0 Å². The van der Waals surface area contributed by atoms with E-state index in [4.69, 9.17) is 0 Å². The van der Waals surface area contributed by atoms with Gasteiger partial charge < -0.3 is 30.5 Å². The summed E-state index contributed by atoms with van der Waals surface area (Å²) in [5.74, 6) is -6.58. The second-order valence-corrected chi connectivity index (χ2v) is 12.3. The Hall–Kier alpha value is -5.03. The molecule has 5 N–H and O–H groups in total. The van der Waals surface area contributed by atoms with Gasteiger partial charge in [-0.3, -0.25) is 20.0 Å². The fraction of sp³-hybridized carbons (Fsp3) is 0.552. The average molecular weight is 784 g/mol. The number of amides is 4. The van der Waals surface area contributed by atoms with E-state index < -0.39 is 108 Å². The lowest BCUT2D eigenvalue weighted by Crippen LogP contribution is -2.62. The van der Waals surface area contributed by atoms with Crippen molar-refractivity contribution in [3.8, 4) is 11.3 Å². The number of anilines is 1. The molecule has 24 heteroatoms. The number of aliphatic hydroxyl groups is 1. The van der Waals surface area contributed by atoms with Crippen molar-refractivity contribution in [2.24, 2.45) is 10.8 Å². The molecule has 4 amide bonds. The maximum Gasteiger partial charge on any atom is 0.407 e. The van der Waals surface area contributed by atoms with Gasteiger partial charge >= 0.3 is 31.1 Å². The molecule has 14 nitrogen and oxygen atoms in total. The summed E-state index contributed by atoms with van der Waals surface area (Å²) in [6.07, 6.45) is -14.7. The molecule has 298 valence electrons. The van der Waals surface area contributed by atoms with Gasteiger partial charge in [0, 0.05) is 18.3 Å². The maximum atomic E-state index is 15.6. The zero-order valence-electron chi connectivity index (χ0n) is 28.6. The molecule has 2 aromatic rings. The molecule has 0 aliphatic heterocycles. The summed E-state index contributed by atoms with van der Waals surface area (Å²) in [7, 11) is 1.54. The highest BCUT2D eigenvalue weighted by Gasteiger charge is 2.57. The summed E-state index contributed by atoms with van der Waals surface area (Å²) in [6, 6.07) is -2.97. The smallest absolute Gasteiger partial charge is 0.407 e. The molecule has 1 aromatic carbocycles. The summed E-state index contributed by atoms with van der Waals surface area (Å²) in [4.78, 5) is 49.9. The lowest BCUT2D eigenvalue weighted by atomic mass is 9.83. The van der Waals surface area contributed by atoms with Gasteiger partial charge in [-0.05, 0) is 45.9 Å². The number of alkyl carbamates (subject to hydrolysis) is 2. The van der Waals surface area contributed by atoms with Crippen molar-refractivity contribution in [1.82, 2.24) is 31.2 Å². The van der Waals surface area contributed by atoms with Gasteiger partial charge in [0.1, 0.15) is 17.8 Å². The third-order valence-corrected chi connectivity index (χ3v) is 7.87. The number of carbonyl (C=O) groups excluding carboxylic acids is 4. The minimum Gasteiger partial charge on any atom is -0.453 e. The van der Waals surface area contributed by atoms with Gasteiger partial charge in [-0.1, -0.05) is 0 Å². The topological polar surface area (TPSA) is 176 Å². The highest BCUT2D eigenvalue weighted by Crippen LogP contribution is 2.42. The number of carbonyl (C=O) groups is 4. The van der Waals surface area contributed by atoms with Crippen molar-refractivity contribution in [1.29, 1.82) is 0 Å². The van der Waals surface area contributed by atoms with Crippen LogP contribution in [0.4, 0.5) is 59.2 Å². The Morgan fingerprint density at radius 3 is 1.70 bits per heavy atom. The van der Waals surface area contributed by atoms with Crippen LogP contribution in [0.1, 0.15) is 34.2 Å². The van der Waals surface area contributed by atoms with Crippen LogP contribution in [0.2, 0.25) is 0 Å². The highest BCUT2D eigenvalue weighted by atomic mass is 19.4. The molecule has 2 rings (SSSR count). The molecule has 3 atom stereocenters. The van der Waals surface area contributed by atoms with Crippen LogP contribution in [0.3, 0.4) is 0 Å². The molecule has 0 radical (unpaired) electrons. The van der Waals surface area contributed by atoms with Gasteiger partial charge in [0.15, 0.2) is 11.6 Å². The number of nitrogens with one attached hydrogen (secondary N) is 4. The number of nitrogens with zero attached hydrogens (tertiary/aromatic N) is 3. The van der Waals surface area contributed by atoms with Gasteiger partial charge in [-0.2, -0.15) is 40.2 Å². The molecule has 0 spiro atoms. The number of alkyl halides is 8. The van der Waals surface area contributed by atoms with E-state index >= 15 is 8.78 Å². The normalized spacial score (nSPS) is 14.2. The van der Waals surface area contributed by atoms with Gasteiger partial charge in [-0.25, -0.2) is 23.1 Å². The number of rotatable bonds is 14. The predicted octanol–water partition coefficient (Wildman–Crippen LogP) is 4.16. The van der Waals surface area contributed by atoms with Crippen LogP contribution in [0.25, 0.3) is 11.3 Å². The van der Waals surface area contributed by atoms with Crippen molar-refractivity contribution >= 4 is 29.7 Å². The molecule has 0 bridgehead atoms. The SMILES string of the molecule is COC(=O)NC(C(=O)NC[C@@H](O)CN(NC(=O)[C@@H](NC(=O)OC)C(C)(C)C(F)(F)F)c1c(F)cc(-c2ccn(C(F)F)n2)cc1F)C(C)(C)C(F)(F)F. The van der Waals surface area contributed by atoms with Gasteiger partial charge in [0.05, 0.1) is 43.4 Å². The molecule has 1 heterocycles. The predicted molar refractivity (Wildman–Crippen MR) is 162 cm³/mol. The van der Waals surface area contributed by atoms with E-state index in [1.807, 2.05) is 5.32 Å². The van der Waals surface area contributed by atoms with E-state index in [0.29, 0.717) is 39.8 Å². The van der Waals surface area contributed by atoms with Crippen LogP contribution in [-0.4, -0.2) is 96.7 Å². The lowest BCUT2D eigenvalue weighted by Gasteiger charge is -2.37. The number of aliphatic hydroxyl groups excluding tert-OH is 1. The van der Waals surface area contributed by atoms with Crippen LogP contribution >= 0.6 is 0 Å². The van der Waals surface area contributed by atoms with Crippen LogP contribution < -0.4 is 26.4 Å². The Bertz CT molecular complexity index is 1610. The molecule has 1 unspecified atom stereocenters. The molecule has 0 saturated heterocycles. The summed E-state index contributed by atoms with van der Waals surface area (Å²) < 4.78 is 149. The minimum absolute atomic E-state index is 0.133. The number of halogens is 10. The average Bonchev–Trinajstić information content (AvgIpc) is 3.54. The van der Waals surface area contributed by atoms with E-state index in [1.165, 1.54) is 0 Å². The van der Waals surface area contributed by atoms with E-state index in [0.717, 1.165) is 26.5 Å². The third kappa shape index (κ3) is 10.5. The van der Waals surface area contributed by atoms with E-state index in [1.54, 1.807) is 16.1 Å². The van der Waals surface area contributed by atoms with Crippen LogP contribution in [0.15, 0.2) is 24.4 Å². The van der Waals surface area contributed by atoms with E-state index in [9.17, 15) is 59.4 Å². The fourth-order valence-corrected chi connectivity index (χ4v) is 4.39. The van der Waals surface area contributed by atoms with Crippen molar-refractivity contribution < 1.29 is 77.7 Å². The van der Waals surface area contributed by atoms with Crippen molar-refractivity contribution in [3.05, 3.63) is 36.0 Å². The zero-order chi connectivity index (χ0) is 40.9. The molecule has 0 fully saturated rings. The van der Waals surface area contributed by atoms with Crippen LogP contribution in [-0.2, 0) is 19.1 Å². The van der Waals surface area contributed by atoms with Gasteiger partial charge in [0.2, 0.25) is 5.91 Å². The van der Waals surface area contributed by atoms with E-state index in [-0.39, 0.29) is 15.4 Å². The molecule has 1 aromatic heterocycles. The van der Waals surface area contributed by atoms with Crippen LogP contribution in [0, 0.1) is 22.5 Å². The Labute approximate surface area is 294 Å². The quantitative estimate of drug-likeness (QED) is 0.139. The molecule has 53 heavy (non-hydrogen) atoms. The zero-order valence-corrected chi connectivity index (χ0v) is 28.6. The van der Waals surface area contributed by atoms with Crippen LogP contribution in [0.5, 0.6) is 0 Å². The summed E-state index contributed by atoms with van der Waals surface area (Å²) in [5.41, 5.74) is -6.42. The van der Waals surface area contributed by atoms with Gasteiger partial charge in [0.25, 0.3) is 5.91 Å². The standard InChI is InChI=1S/C29H35F10N7O7/c1-26(2,28(34,35)36)19(41-24(50)52-5)21(48)40-11-14(47)12-46(44-22(49)20(42-25(51)53-6)27(3,4)29(37,38)39)18-15(30)9-13(10-16(18)31)17-7-8-45(43-17)23(32)33/h7-10,14,19-20,23,47H,11-12H2,1-6H3,(H,40,48)(H,41,50)(H,42,51)(H,44,49)/t14-,19?,20-/m1/s1. The Morgan fingerprint density at radius 2 is 1.30 bits per heavy atom. The molecule has 0 aliphatic carbocycles. The summed E-state index contributed by atoms with van der Waals surface area (Å²) in [6.45, 7) is -3.36. The molecular weight excluding hydrogens is 748 g/mol. The molecule has 0 aliphatic rings. The first kappa shape index (κ1) is 44.1. The highest BCUT2D eigenvalue weighted by molar-refractivity contribution is 5.88. The number of benzene rings is 1. The third-order valence-electron chi connectivity index (χ3n) is 7.87. The van der Waals surface area contributed by atoms with E-state index in [2.05, 4.69) is 14.6 Å². The van der Waals surface area contributed by atoms with Crippen molar-refractivity contribution in [3.63, 3.8) is 0 Å². The number of hydrogen-bond donors (Lipinski definition) is 5. The second-order valence-electron chi connectivity index (χ2n) is 12.3. The first-order chi connectivity index (χ1) is 24.2. The Kier molecular flexibility index (Phi) is 14.0. The number of methoxy groups -OCH3 is 2. The minimum atomic E-state index is -5.22. The summed E-state index contributed by atoms with van der Waals surface area (Å²) in [5, 5.41) is 19.6. The fourth-order valence-electron chi connectivity index (χ4n) is 4.39. The van der Waals surface area contributed by atoms with Crippen molar-refractivity contribution in [2.45, 2.75) is 64.8 Å². The molecular formula is C29H35F10N7O7. The number of ether oxygens (including phenoxy) is 2. The summed E-state index contributed by atoms with van der Waals surface area (Å²) >= 11 is 0. The number of aromatic nitrogens is 2. The monoisotopic (exact) mass is 783 g/mol. The molecule has 0 saturated carbocycles. The largest absolute Gasteiger partial charge is 0.453 e. The lowest BCUT2D eigenvalue weighted by molar-refractivity contribution is -0.220. The Balaban J connectivity index is 2.57.